The average Bonchev–Trinajstić information content (AvgIpc) is 2.54. The Bertz CT molecular complexity index is 248. The summed E-state index contributed by atoms with van der Waals surface area (Å²) in [5.41, 5.74) is 6.90. The molecule has 0 radical (unpaired) electrons. The van der Waals surface area contributed by atoms with Crippen molar-refractivity contribution >= 4 is 5.82 Å². The Morgan fingerprint density at radius 1 is 1.42 bits per heavy atom. The van der Waals surface area contributed by atoms with Gasteiger partial charge in [0.05, 0.1) is 0 Å². The Kier molecular flexibility index (Phi) is 2.04. The minimum Gasteiger partial charge on any atom is -0.385 e. The third kappa shape index (κ3) is 1.46. The molecular weight excluding hydrogens is 150 g/mol. The minimum absolute atomic E-state index is 0.521. The molecule has 0 aliphatic carbocycles. The highest BCUT2D eigenvalue weighted by Gasteiger charge is 2.14. The van der Waals surface area contributed by atoms with Crippen molar-refractivity contribution in [3.8, 4) is 0 Å². The number of H-pyrrole nitrogens is 1. The molecule has 1 unspecified atom stereocenters. The molecule has 0 spiro atoms. The lowest BCUT2D eigenvalue weighted by Crippen LogP contribution is -2.26. The lowest BCUT2D eigenvalue weighted by molar-refractivity contribution is 0.412. The Morgan fingerprint density at radius 2 is 2.33 bits per heavy atom. The van der Waals surface area contributed by atoms with E-state index in [1.165, 1.54) is 24.8 Å². The first-order valence-electron chi connectivity index (χ1n) is 4.53. The van der Waals surface area contributed by atoms with Crippen LogP contribution in [0.3, 0.4) is 0 Å². The molecule has 0 saturated carbocycles. The number of hydrogen-bond acceptors (Lipinski definition) is 2. The zero-order chi connectivity index (χ0) is 8.39. The summed E-state index contributed by atoms with van der Waals surface area (Å²) < 4.78 is 0. The molecule has 3 nitrogen and oxygen atoms in total. The van der Waals surface area contributed by atoms with Crippen LogP contribution in [0.5, 0.6) is 0 Å². The number of nitrogens with one attached hydrogen (secondary N) is 2. The number of aromatic nitrogens is 1. The molecule has 0 amide bonds. The highest BCUT2D eigenvalue weighted by molar-refractivity contribution is 5.35. The second-order valence-corrected chi connectivity index (χ2v) is 3.39. The molecule has 1 saturated heterocycles. The van der Waals surface area contributed by atoms with Gasteiger partial charge in [0.15, 0.2) is 0 Å². The van der Waals surface area contributed by atoms with Crippen LogP contribution in [0.2, 0.25) is 0 Å². The molecule has 0 aromatic carbocycles. The second kappa shape index (κ2) is 3.19. The Morgan fingerprint density at radius 3 is 2.92 bits per heavy atom. The van der Waals surface area contributed by atoms with Crippen LogP contribution in [0.1, 0.15) is 30.9 Å². The van der Waals surface area contributed by atoms with E-state index in [-0.39, 0.29) is 0 Å². The SMILES string of the molecule is Nc1cc(C2CCCCN2)c[nH]1. The third-order valence-corrected chi connectivity index (χ3v) is 2.44. The van der Waals surface area contributed by atoms with E-state index in [9.17, 15) is 0 Å². The molecule has 1 aromatic heterocycles. The van der Waals surface area contributed by atoms with Gasteiger partial charge in [-0.1, -0.05) is 6.42 Å². The first kappa shape index (κ1) is 7.68. The smallest absolute Gasteiger partial charge is 0.100 e. The van der Waals surface area contributed by atoms with Crippen molar-refractivity contribution < 1.29 is 0 Å². The van der Waals surface area contributed by atoms with Crippen molar-refractivity contribution in [3.63, 3.8) is 0 Å². The van der Waals surface area contributed by atoms with Crippen LogP contribution in [-0.4, -0.2) is 11.5 Å². The maximum atomic E-state index is 5.60. The van der Waals surface area contributed by atoms with Crippen LogP contribution in [0.15, 0.2) is 12.3 Å². The van der Waals surface area contributed by atoms with Crippen molar-refractivity contribution in [2.45, 2.75) is 25.3 Å². The van der Waals surface area contributed by atoms with E-state index in [2.05, 4.69) is 10.3 Å². The fourth-order valence-corrected chi connectivity index (χ4v) is 1.77. The van der Waals surface area contributed by atoms with Crippen LogP contribution in [-0.2, 0) is 0 Å². The van der Waals surface area contributed by atoms with Crippen LogP contribution in [0.4, 0.5) is 5.82 Å². The molecule has 1 fully saturated rings. The van der Waals surface area contributed by atoms with Gasteiger partial charge in [-0.2, -0.15) is 0 Å². The number of aromatic amines is 1. The van der Waals surface area contributed by atoms with E-state index in [0.29, 0.717) is 6.04 Å². The molecule has 1 aromatic rings. The molecule has 2 rings (SSSR count). The molecule has 2 heterocycles. The maximum absolute atomic E-state index is 5.60. The van der Waals surface area contributed by atoms with Gasteiger partial charge >= 0.3 is 0 Å². The van der Waals surface area contributed by atoms with Gasteiger partial charge in [-0.05, 0) is 31.0 Å². The van der Waals surface area contributed by atoms with Gasteiger partial charge in [0, 0.05) is 12.2 Å². The van der Waals surface area contributed by atoms with E-state index >= 15 is 0 Å². The third-order valence-electron chi connectivity index (χ3n) is 2.44. The van der Waals surface area contributed by atoms with Gasteiger partial charge in [-0.3, -0.25) is 0 Å². The van der Waals surface area contributed by atoms with Crippen molar-refractivity contribution in [2.24, 2.45) is 0 Å². The van der Waals surface area contributed by atoms with Crippen molar-refractivity contribution in [1.82, 2.24) is 10.3 Å². The van der Waals surface area contributed by atoms with Gasteiger partial charge in [0.25, 0.3) is 0 Å². The van der Waals surface area contributed by atoms with Crippen LogP contribution in [0, 0.1) is 0 Å². The Balaban J connectivity index is 2.08. The van der Waals surface area contributed by atoms with Crippen LogP contribution in [0.25, 0.3) is 0 Å². The summed E-state index contributed by atoms with van der Waals surface area (Å²) in [6.45, 7) is 1.13. The topological polar surface area (TPSA) is 53.8 Å². The fourth-order valence-electron chi connectivity index (χ4n) is 1.77. The predicted octanol–water partition coefficient (Wildman–Crippen LogP) is 1.41. The van der Waals surface area contributed by atoms with E-state index in [1.54, 1.807) is 0 Å². The molecule has 12 heavy (non-hydrogen) atoms. The van der Waals surface area contributed by atoms with E-state index in [0.717, 1.165) is 12.4 Å². The van der Waals surface area contributed by atoms with E-state index in [1.807, 2.05) is 12.3 Å². The summed E-state index contributed by atoms with van der Waals surface area (Å²) in [5.74, 6) is 0.761. The lowest BCUT2D eigenvalue weighted by Gasteiger charge is -2.22. The standard InChI is InChI=1S/C9H15N3/c10-9-5-7(6-12-9)8-3-1-2-4-11-8/h5-6,8,11-12H,1-4,10H2. The molecule has 4 N–H and O–H groups in total. The zero-order valence-corrected chi connectivity index (χ0v) is 7.14. The fraction of sp³-hybridized carbons (Fsp3) is 0.556. The molecule has 66 valence electrons. The molecule has 1 atom stereocenters. The van der Waals surface area contributed by atoms with Crippen molar-refractivity contribution in [2.75, 3.05) is 12.3 Å². The number of piperidine rings is 1. The summed E-state index contributed by atoms with van der Waals surface area (Å²) in [7, 11) is 0. The summed E-state index contributed by atoms with van der Waals surface area (Å²) in [4.78, 5) is 3.00. The average molecular weight is 165 g/mol. The number of rotatable bonds is 1. The molecule has 1 aliphatic rings. The molecule has 3 heteroatoms. The van der Waals surface area contributed by atoms with Gasteiger partial charge in [-0.15, -0.1) is 0 Å². The highest BCUT2D eigenvalue weighted by atomic mass is 14.9. The van der Waals surface area contributed by atoms with Gasteiger partial charge in [-0.25, -0.2) is 0 Å². The lowest BCUT2D eigenvalue weighted by atomic mass is 10.00. The molecular formula is C9H15N3. The minimum atomic E-state index is 0.521. The summed E-state index contributed by atoms with van der Waals surface area (Å²) in [6.07, 6.45) is 5.86. The summed E-state index contributed by atoms with van der Waals surface area (Å²) >= 11 is 0. The number of anilines is 1. The predicted molar refractivity (Wildman–Crippen MR) is 49.8 cm³/mol. The monoisotopic (exact) mass is 165 g/mol. The van der Waals surface area contributed by atoms with Gasteiger partial charge in [0.1, 0.15) is 5.82 Å². The zero-order valence-electron chi connectivity index (χ0n) is 7.14. The first-order valence-corrected chi connectivity index (χ1v) is 4.53. The van der Waals surface area contributed by atoms with Crippen LogP contribution >= 0.6 is 0 Å². The van der Waals surface area contributed by atoms with Crippen LogP contribution < -0.4 is 11.1 Å². The number of nitrogen functional groups attached to an aromatic ring is 1. The Hall–Kier alpha value is -0.960. The summed E-state index contributed by atoms with van der Waals surface area (Å²) in [6, 6.07) is 2.54. The first-order chi connectivity index (χ1) is 5.86. The summed E-state index contributed by atoms with van der Waals surface area (Å²) in [5, 5.41) is 3.47. The largest absolute Gasteiger partial charge is 0.385 e. The number of nitrogens with two attached hydrogens (primary N) is 1. The van der Waals surface area contributed by atoms with E-state index < -0.39 is 0 Å². The maximum Gasteiger partial charge on any atom is 0.100 e. The number of hydrogen-bond donors (Lipinski definition) is 3. The highest BCUT2D eigenvalue weighted by Crippen LogP contribution is 2.23. The molecule has 0 bridgehead atoms. The normalized spacial score (nSPS) is 24.2. The Labute approximate surface area is 72.3 Å². The van der Waals surface area contributed by atoms with E-state index in [4.69, 9.17) is 5.73 Å². The van der Waals surface area contributed by atoms with Crippen molar-refractivity contribution in [1.29, 1.82) is 0 Å². The molecule has 1 aliphatic heterocycles. The van der Waals surface area contributed by atoms with Gasteiger partial charge < -0.3 is 16.0 Å². The quantitative estimate of drug-likeness (QED) is 0.589. The second-order valence-electron chi connectivity index (χ2n) is 3.39. The van der Waals surface area contributed by atoms with Gasteiger partial charge in [0.2, 0.25) is 0 Å². The van der Waals surface area contributed by atoms with Crippen molar-refractivity contribution in [3.05, 3.63) is 17.8 Å².